The largest absolute Gasteiger partial charge is 4.00 e. The zero-order valence-electron chi connectivity index (χ0n) is 12.8. The fourth-order valence-corrected chi connectivity index (χ4v) is 2.14. The molecule has 116 valence electrons. The predicted molar refractivity (Wildman–Crippen MR) is 90.3 cm³/mol. The molecule has 0 fully saturated rings. The molecule has 0 radical (unpaired) electrons. The Morgan fingerprint density at radius 1 is 0.565 bits per heavy atom. The van der Waals surface area contributed by atoms with Gasteiger partial charge in [-0.15, -0.1) is 72.5 Å². The molecule has 0 N–H and O–H groups in total. The van der Waals surface area contributed by atoms with Crippen molar-refractivity contribution in [2.24, 2.45) is 0 Å². The zero-order chi connectivity index (χ0) is 14.2. The number of hydrogen-bond acceptors (Lipinski definition) is 0. The van der Waals surface area contributed by atoms with Crippen LogP contribution in [0.1, 0.15) is 0 Å². The fourth-order valence-electron chi connectivity index (χ4n) is 2.14. The van der Waals surface area contributed by atoms with E-state index in [1.807, 2.05) is 0 Å². The summed E-state index contributed by atoms with van der Waals surface area (Å²) in [5.74, 6) is 0. The van der Waals surface area contributed by atoms with Gasteiger partial charge in [0.1, 0.15) is 0 Å². The molecule has 0 spiro atoms. The van der Waals surface area contributed by atoms with Crippen molar-refractivity contribution in [2.45, 2.75) is 0 Å². The number of fused-ring (bicyclic) bond motifs is 2. The number of halogens is 2. The third-order valence-corrected chi connectivity index (χ3v) is 3.10. The summed E-state index contributed by atoms with van der Waals surface area (Å²) >= 11 is 0. The number of benzene rings is 2. The maximum absolute atomic E-state index is 3.00. The Morgan fingerprint density at radius 3 is 1.26 bits per heavy atom. The zero-order valence-corrected chi connectivity index (χ0v) is 15.8. The third-order valence-electron chi connectivity index (χ3n) is 3.10. The molecule has 0 saturated heterocycles. The molecule has 0 unspecified atom stereocenters. The summed E-state index contributed by atoms with van der Waals surface area (Å²) in [6.07, 6.45) is 0. The van der Waals surface area contributed by atoms with E-state index < -0.39 is 0 Å². The van der Waals surface area contributed by atoms with E-state index in [2.05, 4.69) is 98.1 Å². The first-order chi connectivity index (χ1) is 9.93. The minimum atomic E-state index is 0. The molecule has 0 atom stereocenters. The van der Waals surface area contributed by atoms with Crippen LogP contribution in [0.3, 0.4) is 0 Å². The molecule has 0 aliphatic carbocycles. The molecule has 0 aromatic heterocycles. The number of hydrogen-bond donors (Lipinski definition) is 0. The fraction of sp³-hybridized carbons (Fsp3) is 0. The summed E-state index contributed by atoms with van der Waals surface area (Å²) in [5.41, 5.74) is 0. The monoisotopic (exact) mass is 376 g/mol. The van der Waals surface area contributed by atoms with Crippen LogP contribution in [0, 0.1) is 0 Å². The molecule has 0 aliphatic rings. The van der Waals surface area contributed by atoms with Gasteiger partial charge in [-0.1, -0.05) is 12.1 Å². The van der Waals surface area contributed by atoms with Gasteiger partial charge in [-0.05, 0) is 0 Å². The van der Waals surface area contributed by atoms with E-state index in [1.54, 1.807) is 0 Å². The van der Waals surface area contributed by atoms with Crippen molar-refractivity contribution in [3.8, 4) is 0 Å². The Morgan fingerprint density at radius 2 is 0.913 bits per heavy atom. The topological polar surface area (TPSA) is 0 Å². The van der Waals surface area contributed by atoms with E-state index in [0.29, 0.717) is 0 Å². The van der Waals surface area contributed by atoms with Gasteiger partial charge >= 0.3 is 21.7 Å². The van der Waals surface area contributed by atoms with Crippen LogP contribution >= 0.6 is 0 Å². The van der Waals surface area contributed by atoms with Crippen molar-refractivity contribution in [2.75, 3.05) is 0 Å². The summed E-state index contributed by atoms with van der Waals surface area (Å²) in [7, 11) is 0. The second kappa shape index (κ2) is 13.2. The molecule has 0 nitrogen and oxygen atoms in total. The van der Waals surface area contributed by atoms with E-state index in [-0.39, 0.29) is 46.5 Å². The Labute approximate surface area is 165 Å². The van der Waals surface area contributed by atoms with Crippen LogP contribution in [0.15, 0.2) is 98.1 Å². The third kappa shape index (κ3) is 6.77. The van der Waals surface area contributed by atoms with Gasteiger partial charge < -0.3 is 24.8 Å². The molecule has 0 amide bonds. The molecule has 3 heteroatoms. The molecule has 0 saturated carbocycles. The standard InChI is InChI=1S/2C9H7.C2H4.2ClH.Ti/c2*1-2-5-9-7-3-6-8(9)4-1;1-2;;;/h2*1-7H;1-2H2;2*1H;/q2*-1;;;;+4/p-2. The molecule has 4 aromatic carbocycles. The van der Waals surface area contributed by atoms with Crippen LogP contribution in [0.25, 0.3) is 21.5 Å². The van der Waals surface area contributed by atoms with Crippen LogP contribution in [-0.2, 0) is 21.7 Å². The number of rotatable bonds is 0. The van der Waals surface area contributed by atoms with Crippen molar-refractivity contribution in [3.05, 3.63) is 98.1 Å². The molecule has 0 aliphatic heterocycles. The van der Waals surface area contributed by atoms with Crippen LogP contribution in [0.5, 0.6) is 0 Å². The molecular formula is C20H18Cl2Ti. The minimum absolute atomic E-state index is 0. The maximum atomic E-state index is 3.00. The average Bonchev–Trinajstić information content (AvgIpc) is 3.18. The predicted octanol–water partition coefficient (Wildman–Crippen LogP) is -0.0749. The Hall–Kier alpha value is -1.31. The SMILES string of the molecule is C=C.[Cl-].[Cl-].[Ti+4].c1ccc2[cH-]ccc2c1.c1ccc2[cH-]ccc2c1. The van der Waals surface area contributed by atoms with E-state index in [4.69, 9.17) is 0 Å². The van der Waals surface area contributed by atoms with Crippen LogP contribution < -0.4 is 24.8 Å². The van der Waals surface area contributed by atoms with Gasteiger partial charge in [0, 0.05) is 0 Å². The van der Waals surface area contributed by atoms with Crippen molar-refractivity contribution < 1.29 is 46.5 Å². The first kappa shape index (κ1) is 24.0. The second-order valence-corrected chi connectivity index (χ2v) is 4.31. The smallest absolute Gasteiger partial charge is 1.00 e. The van der Waals surface area contributed by atoms with Gasteiger partial charge in [0.15, 0.2) is 0 Å². The summed E-state index contributed by atoms with van der Waals surface area (Å²) < 4.78 is 0. The minimum Gasteiger partial charge on any atom is -1.00 e. The first-order valence-electron chi connectivity index (χ1n) is 6.64. The summed E-state index contributed by atoms with van der Waals surface area (Å²) in [4.78, 5) is 0. The summed E-state index contributed by atoms with van der Waals surface area (Å²) in [5, 5.41) is 5.32. The van der Waals surface area contributed by atoms with E-state index in [9.17, 15) is 0 Å². The second-order valence-electron chi connectivity index (χ2n) is 4.31. The van der Waals surface area contributed by atoms with Gasteiger partial charge in [0.25, 0.3) is 0 Å². The van der Waals surface area contributed by atoms with Crippen molar-refractivity contribution in [1.29, 1.82) is 0 Å². The summed E-state index contributed by atoms with van der Waals surface area (Å²) in [6, 6.07) is 29.3. The Balaban J connectivity index is 0. The molecule has 4 aromatic rings. The van der Waals surface area contributed by atoms with E-state index in [1.165, 1.54) is 21.5 Å². The normalized spacial score (nSPS) is 8.17. The Bertz CT molecular complexity index is 645. The van der Waals surface area contributed by atoms with E-state index in [0.717, 1.165) is 0 Å². The van der Waals surface area contributed by atoms with Gasteiger partial charge in [0.2, 0.25) is 0 Å². The molecule has 23 heavy (non-hydrogen) atoms. The average molecular weight is 377 g/mol. The van der Waals surface area contributed by atoms with Gasteiger partial charge in [-0.2, -0.15) is 35.0 Å². The Kier molecular flexibility index (Phi) is 13.7. The summed E-state index contributed by atoms with van der Waals surface area (Å²) in [6.45, 7) is 6.00. The molecule has 0 bridgehead atoms. The van der Waals surface area contributed by atoms with Crippen molar-refractivity contribution >= 4 is 21.5 Å². The van der Waals surface area contributed by atoms with Crippen LogP contribution in [0.4, 0.5) is 0 Å². The molecule has 4 rings (SSSR count). The van der Waals surface area contributed by atoms with Gasteiger partial charge in [-0.3, -0.25) is 0 Å². The van der Waals surface area contributed by atoms with Crippen molar-refractivity contribution in [1.82, 2.24) is 0 Å². The first-order valence-corrected chi connectivity index (χ1v) is 6.64. The van der Waals surface area contributed by atoms with Crippen molar-refractivity contribution in [3.63, 3.8) is 0 Å². The quantitative estimate of drug-likeness (QED) is 0.229. The molecule has 0 heterocycles. The van der Waals surface area contributed by atoms with Gasteiger partial charge in [-0.25, -0.2) is 0 Å². The van der Waals surface area contributed by atoms with E-state index >= 15 is 0 Å². The maximum Gasteiger partial charge on any atom is 4.00 e. The van der Waals surface area contributed by atoms with Gasteiger partial charge in [0.05, 0.1) is 0 Å². The van der Waals surface area contributed by atoms with Crippen LogP contribution in [-0.4, -0.2) is 0 Å². The molecular weight excluding hydrogens is 359 g/mol. The van der Waals surface area contributed by atoms with Crippen LogP contribution in [0.2, 0.25) is 0 Å².